The Kier molecular flexibility index (Phi) is 6.61. The molecule has 0 saturated carbocycles. The Balaban J connectivity index is 2.91. The summed E-state index contributed by atoms with van der Waals surface area (Å²) in [6.45, 7) is 12.6. The van der Waals surface area contributed by atoms with Gasteiger partial charge in [0.15, 0.2) is 0 Å². The predicted octanol–water partition coefficient (Wildman–Crippen LogP) is 2.61. The topological polar surface area (TPSA) is 49.4 Å². The Bertz CT molecular complexity index is 537. The van der Waals surface area contributed by atoms with Crippen LogP contribution in [0.2, 0.25) is 0 Å². The van der Waals surface area contributed by atoms with Crippen LogP contribution in [0.3, 0.4) is 0 Å². The van der Waals surface area contributed by atoms with Gasteiger partial charge in [-0.25, -0.2) is 8.42 Å². The van der Waals surface area contributed by atoms with E-state index in [4.69, 9.17) is 0 Å². The van der Waals surface area contributed by atoms with Gasteiger partial charge in [0.25, 0.3) is 10.0 Å². The maximum absolute atomic E-state index is 12.5. The summed E-state index contributed by atoms with van der Waals surface area (Å²) in [6, 6.07) is 3.89. The summed E-state index contributed by atoms with van der Waals surface area (Å²) in [5.41, 5.74) is 0. The third kappa shape index (κ3) is 4.56. The molecule has 0 spiro atoms. The highest BCUT2D eigenvalue weighted by Crippen LogP contribution is 2.25. The SMILES string of the molecule is C=CCN(CC=C)S(=O)(=O)c1ccc(CNC(C)C)s1. The number of hydrogen-bond donors (Lipinski definition) is 1. The summed E-state index contributed by atoms with van der Waals surface area (Å²) < 4.78 is 26.7. The van der Waals surface area contributed by atoms with E-state index in [0.717, 1.165) is 4.88 Å². The Morgan fingerprint density at radius 3 is 2.40 bits per heavy atom. The van der Waals surface area contributed by atoms with Crippen LogP contribution in [-0.4, -0.2) is 31.9 Å². The van der Waals surface area contributed by atoms with Gasteiger partial charge in [-0.1, -0.05) is 26.0 Å². The van der Waals surface area contributed by atoms with Crippen molar-refractivity contribution in [2.45, 2.75) is 30.6 Å². The average Bonchev–Trinajstić information content (AvgIpc) is 2.85. The number of nitrogens with zero attached hydrogens (tertiary/aromatic N) is 1. The van der Waals surface area contributed by atoms with Crippen molar-refractivity contribution >= 4 is 21.4 Å². The number of hydrogen-bond acceptors (Lipinski definition) is 4. The van der Waals surface area contributed by atoms with Crippen molar-refractivity contribution < 1.29 is 8.42 Å². The molecular formula is C14H22N2O2S2. The third-order valence-electron chi connectivity index (χ3n) is 2.58. The van der Waals surface area contributed by atoms with Crippen LogP contribution in [0.5, 0.6) is 0 Å². The monoisotopic (exact) mass is 314 g/mol. The smallest absolute Gasteiger partial charge is 0.253 e. The molecule has 0 aliphatic carbocycles. The molecule has 1 rings (SSSR count). The molecule has 0 aliphatic heterocycles. The normalized spacial score (nSPS) is 12.0. The molecule has 0 atom stereocenters. The first-order valence-corrected chi connectivity index (χ1v) is 8.71. The fraction of sp³-hybridized carbons (Fsp3) is 0.429. The highest BCUT2D eigenvalue weighted by Gasteiger charge is 2.24. The van der Waals surface area contributed by atoms with Gasteiger partial charge in [0.2, 0.25) is 0 Å². The molecule has 6 heteroatoms. The van der Waals surface area contributed by atoms with Gasteiger partial charge in [0.1, 0.15) is 4.21 Å². The fourth-order valence-corrected chi connectivity index (χ4v) is 4.43. The Morgan fingerprint density at radius 2 is 1.90 bits per heavy atom. The van der Waals surface area contributed by atoms with Gasteiger partial charge in [-0.15, -0.1) is 24.5 Å². The summed E-state index contributed by atoms with van der Waals surface area (Å²) in [6.07, 6.45) is 3.16. The highest BCUT2D eigenvalue weighted by atomic mass is 32.2. The van der Waals surface area contributed by atoms with E-state index in [2.05, 4.69) is 32.3 Å². The van der Waals surface area contributed by atoms with Crippen LogP contribution in [0.25, 0.3) is 0 Å². The molecule has 0 unspecified atom stereocenters. The van der Waals surface area contributed by atoms with Crippen molar-refractivity contribution in [3.05, 3.63) is 42.3 Å². The van der Waals surface area contributed by atoms with Crippen molar-refractivity contribution in [1.29, 1.82) is 0 Å². The van der Waals surface area contributed by atoms with E-state index in [1.54, 1.807) is 18.2 Å². The maximum atomic E-state index is 12.5. The quantitative estimate of drug-likeness (QED) is 0.713. The van der Waals surface area contributed by atoms with Gasteiger partial charge in [-0.05, 0) is 12.1 Å². The van der Waals surface area contributed by atoms with Gasteiger partial charge < -0.3 is 5.32 Å². The lowest BCUT2D eigenvalue weighted by Crippen LogP contribution is -2.30. The van der Waals surface area contributed by atoms with Crippen molar-refractivity contribution in [3.8, 4) is 0 Å². The largest absolute Gasteiger partial charge is 0.310 e. The molecule has 1 N–H and O–H groups in total. The first-order valence-electron chi connectivity index (χ1n) is 6.45. The Morgan fingerprint density at radius 1 is 1.30 bits per heavy atom. The lowest BCUT2D eigenvalue weighted by molar-refractivity contribution is 0.476. The molecule has 20 heavy (non-hydrogen) atoms. The molecule has 0 saturated heterocycles. The van der Waals surface area contributed by atoms with E-state index in [1.807, 2.05) is 6.07 Å². The molecule has 0 aliphatic rings. The predicted molar refractivity (Wildman–Crippen MR) is 85.4 cm³/mol. The van der Waals surface area contributed by atoms with Crippen LogP contribution in [0.4, 0.5) is 0 Å². The van der Waals surface area contributed by atoms with Gasteiger partial charge in [0, 0.05) is 30.6 Å². The molecule has 112 valence electrons. The molecule has 1 aromatic heterocycles. The molecule has 0 aromatic carbocycles. The van der Waals surface area contributed by atoms with Crippen molar-refractivity contribution in [2.75, 3.05) is 13.1 Å². The summed E-state index contributed by atoms with van der Waals surface area (Å²) in [7, 11) is -3.46. The third-order valence-corrected chi connectivity index (χ3v) is 5.97. The van der Waals surface area contributed by atoms with Crippen LogP contribution in [-0.2, 0) is 16.6 Å². The number of sulfonamides is 1. The minimum Gasteiger partial charge on any atom is -0.310 e. The summed E-state index contributed by atoms with van der Waals surface area (Å²) in [5, 5.41) is 3.28. The first kappa shape index (κ1) is 17.1. The zero-order chi connectivity index (χ0) is 15.2. The highest BCUT2D eigenvalue weighted by molar-refractivity contribution is 7.91. The van der Waals surface area contributed by atoms with Gasteiger partial charge in [0.05, 0.1) is 0 Å². The molecule has 0 fully saturated rings. The van der Waals surface area contributed by atoms with Gasteiger partial charge >= 0.3 is 0 Å². The molecule has 0 amide bonds. The van der Waals surface area contributed by atoms with Crippen LogP contribution >= 0.6 is 11.3 Å². The van der Waals surface area contributed by atoms with E-state index in [1.165, 1.54) is 15.6 Å². The van der Waals surface area contributed by atoms with E-state index in [-0.39, 0.29) is 13.1 Å². The molecule has 4 nitrogen and oxygen atoms in total. The Labute approximate surface area is 125 Å². The summed E-state index contributed by atoms with van der Waals surface area (Å²) >= 11 is 1.30. The minimum atomic E-state index is -3.46. The van der Waals surface area contributed by atoms with E-state index in [9.17, 15) is 8.42 Å². The lowest BCUT2D eigenvalue weighted by atomic mass is 10.4. The van der Waals surface area contributed by atoms with E-state index in [0.29, 0.717) is 16.8 Å². The van der Waals surface area contributed by atoms with Crippen LogP contribution in [0.15, 0.2) is 41.7 Å². The van der Waals surface area contributed by atoms with Crippen LogP contribution in [0.1, 0.15) is 18.7 Å². The Hall–Kier alpha value is -0.950. The summed E-state index contributed by atoms with van der Waals surface area (Å²) in [4.78, 5) is 1.01. The summed E-state index contributed by atoms with van der Waals surface area (Å²) in [5.74, 6) is 0. The van der Waals surface area contributed by atoms with Crippen LogP contribution in [0, 0.1) is 0 Å². The first-order chi connectivity index (χ1) is 9.41. The number of thiophene rings is 1. The molecular weight excluding hydrogens is 292 g/mol. The van der Waals surface area contributed by atoms with Crippen molar-refractivity contribution in [1.82, 2.24) is 9.62 Å². The molecule has 1 aromatic rings. The second-order valence-electron chi connectivity index (χ2n) is 4.66. The maximum Gasteiger partial charge on any atom is 0.253 e. The molecule has 0 radical (unpaired) electrons. The zero-order valence-corrected chi connectivity index (χ0v) is 13.6. The standard InChI is InChI=1S/C14H22N2O2S2/c1-5-9-16(10-6-2)20(17,18)14-8-7-13(19-14)11-15-12(3)4/h5-8,12,15H,1-2,9-11H2,3-4H3. The molecule has 1 heterocycles. The second kappa shape index (κ2) is 7.73. The van der Waals surface area contributed by atoms with Crippen molar-refractivity contribution in [3.63, 3.8) is 0 Å². The molecule has 0 bridgehead atoms. The van der Waals surface area contributed by atoms with E-state index < -0.39 is 10.0 Å². The van der Waals surface area contributed by atoms with Gasteiger partial charge in [-0.2, -0.15) is 4.31 Å². The lowest BCUT2D eigenvalue weighted by Gasteiger charge is -2.17. The van der Waals surface area contributed by atoms with Gasteiger partial charge in [-0.3, -0.25) is 0 Å². The minimum absolute atomic E-state index is 0.284. The average molecular weight is 314 g/mol. The second-order valence-corrected chi connectivity index (χ2v) is 7.99. The number of nitrogens with one attached hydrogen (secondary N) is 1. The van der Waals surface area contributed by atoms with Crippen LogP contribution < -0.4 is 5.32 Å². The number of rotatable bonds is 9. The fourth-order valence-electron chi connectivity index (χ4n) is 1.58. The van der Waals surface area contributed by atoms with Crippen molar-refractivity contribution in [2.24, 2.45) is 0 Å². The zero-order valence-electron chi connectivity index (χ0n) is 12.0. The van der Waals surface area contributed by atoms with E-state index >= 15 is 0 Å².